The number of ether oxygens (including phenoxy) is 2. The van der Waals surface area contributed by atoms with Crippen LogP contribution in [-0.2, 0) is 5.75 Å². The van der Waals surface area contributed by atoms with Crippen LogP contribution in [0.25, 0.3) is 28.2 Å². The number of rotatable bonds is 7. The van der Waals surface area contributed by atoms with Crippen molar-refractivity contribution in [3.63, 3.8) is 0 Å². The minimum Gasteiger partial charge on any atom is -0.493 e. The molecule has 2 aromatic carbocycles. The molecule has 0 unspecified atom stereocenters. The van der Waals surface area contributed by atoms with Gasteiger partial charge in [0.25, 0.3) is 0 Å². The lowest BCUT2D eigenvalue weighted by atomic mass is 10.1. The molecule has 0 aliphatic carbocycles. The maximum Gasteiger partial charge on any atom is 0.226 e. The highest BCUT2D eigenvalue weighted by Gasteiger charge is 2.16. The van der Waals surface area contributed by atoms with Gasteiger partial charge in [-0.1, -0.05) is 36.0 Å². The van der Waals surface area contributed by atoms with Crippen LogP contribution in [0.15, 0.2) is 70.4 Å². The maximum absolute atomic E-state index is 5.97. The number of nitrogens with zero attached hydrogens (tertiary/aromatic N) is 4. The van der Waals surface area contributed by atoms with E-state index in [-0.39, 0.29) is 0 Å². The molecular formula is C26H24N4O3S. The first kappa shape index (κ1) is 22.0. The van der Waals surface area contributed by atoms with Crippen molar-refractivity contribution in [1.82, 2.24) is 19.6 Å². The quantitative estimate of drug-likeness (QED) is 0.270. The molecule has 0 saturated heterocycles. The number of thioether (sulfide) groups is 1. The van der Waals surface area contributed by atoms with Gasteiger partial charge in [-0.25, -0.2) is 14.5 Å². The Labute approximate surface area is 201 Å². The predicted octanol–water partition coefficient (Wildman–Crippen LogP) is 5.98. The zero-order chi connectivity index (χ0) is 23.7. The van der Waals surface area contributed by atoms with Gasteiger partial charge in [0.2, 0.25) is 5.89 Å². The van der Waals surface area contributed by atoms with Gasteiger partial charge in [-0.3, -0.25) is 0 Å². The molecule has 0 atom stereocenters. The van der Waals surface area contributed by atoms with E-state index in [1.807, 2.05) is 48.0 Å². The Morgan fingerprint density at radius 1 is 1.00 bits per heavy atom. The Morgan fingerprint density at radius 2 is 1.82 bits per heavy atom. The molecule has 0 N–H and O–H groups in total. The van der Waals surface area contributed by atoms with Gasteiger partial charge in [0.05, 0.1) is 31.1 Å². The van der Waals surface area contributed by atoms with Crippen molar-refractivity contribution in [2.75, 3.05) is 14.2 Å². The van der Waals surface area contributed by atoms with Crippen molar-refractivity contribution in [1.29, 1.82) is 0 Å². The molecule has 5 rings (SSSR count). The number of hydrogen-bond donors (Lipinski definition) is 0. The summed E-state index contributed by atoms with van der Waals surface area (Å²) in [5, 5.41) is 5.65. The van der Waals surface area contributed by atoms with E-state index in [1.165, 1.54) is 5.56 Å². The SMILES string of the molecule is COc1ccc(-c2nc(CSc3nccn4nc(-c5ccccc5C)cc34)c(C)o2)cc1OC. The first-order valence-corrected chi connectivity index (χ1v) is 11.8. The lowest BCUT2D eigenvalue weighted by Crippen LogP contribution is -1.92. The van der Waals surface area contributed by atoms with Gasteiger partial charge in [-0.15, -0.1) is 0 Å². The van der Waals surface area contributed by atoms with Crippen LogP contribution in [0.3, 0.4) is 0 Å². The summed E-state index contributed by atoms with van der Waals surface area (Å²) >= 11 is 1.61. The molecule has 0 bridgehead atoms. The minimum absolute atomic E-state index is 0.548. The van der Waals surface area contributed by atoms with Gasteiger partial charge in [0.1, 0.15) is 10.8 Å². The Bertz CT molecular complexity index is 1470. The smallest absolute Gasteiger partial charge is 0.226 e. The van der Waals surface area contributed by atoms with E-state index in [0.29, 0.717) is 23.1 Å². The highest BCUT2D eigenvalue weighted by molar-refractivity contribution is 7.98. The van der Waals surface area contributed by atoms with E-state index in [4.69, 9.17) is 24.0 Å². The topological polar surface area (TPSA) is 74.7 Å². The van der Waals surface area contributed by atoms with E-state index in [0.717, 1.165) is 38.8 Å². The van der Waals surface area contributed by atoms with Gasteiger partial charge < -0.3 is 13.9 Å². The second-order valence-corrected chi connectivity index (χ2v) is 8.75. The summed E-state index contributed by atoms with van der Waals surface area (Å²) < 4.78 is 18.6. The van der Waals surface area contributed by atoms with Crippen LogP contribution in [0.2, 0.25) is 0 Å². The summed E-state index contributed by atoms with van der Waals surface area (Å²) in [5.41, 5.74) is 5.91. The molecule has 8 heteroatoms. The normalized spacial score (nSPS) is 11.2. The molecule has 34 heavy (non-hydrogen) atoms. The van der Waals surface area contributed by atoms with E-state index < -0.39 is 0 Å². The fourth-order valence-corrected chi connectivity index (χ4v) is 4.77. The van der Waals surface area contributed by atoms with Crippen LogP contribution in [-0.4, -0.2) is 33.8 Å². The number of fused-ring (bicyclic) bond motifs is 1. The van der Waals surface area contributed by atoms with Crippen LogP contribution in [0.1, 0.15) is 17.0 Å². The zero-order valence-corrected chi connectivity index (χ0v) is 20.2. The second-order valence-electron chi connectivity index (χ2n) is 7.79. The van der Waals surface area contributed by atoms with Gasteiger partial charge in [-0.05, 0) is 43.7 Å². The molecular weight excluding hydrogens is 448 g/mol. The lowest BCUT2D eigenvalue weighted by Gasteiger charge is -2.07. The highest BCUT2D eigenvalue weighted by Crippen LogP contribution is 2.34. The Hall–Kier alpha value is -3.78. The molecule has 0 fully saturated rings. The molecule has 5 aromatic rings. The molecule has 3 aromatic heterocycles. The zero-order valence-electron chi connectivity index (χ0n) is 19.4. The second kappa shape index (κ2) is 9.23. The van der Waals surface area contributed by atoms with Crippen LogP contribution < -0.4 is 9.47 Å². The van der Waals surface area contributed by atoms with Crippen molar-refractivity contribution >= 4 is 17.3 Å². The number of aryl methyl sites for hydroxylation is 2. The third-order valence-corrected chi connectivity index (χ3v) is 6.65. The van der Waals surface area contributed by atoms with Crippen molar-refractivity contribution in [2.45, 2.75) is 24.6 Å². The Kier molecular flexibility index (Phi) is 5.98. The molecule has 0 saturated carbocycles. The third-order valence-electron chi connectivity index (χ3n) is 5.64. The molecule has 0 aliphatic heterocycles. The van der Waals surface area contributed by atoms with Gasteiger partial charge in [0, 0.05) is 29.3 Å². The number of benzene rings is 2. The molecule has 0 aliphatic rings. The lowest BCUT2D eigenvalue weighted by molar-refractivity contribution is 0.355. The Balaban J connectivity index is 1.40. The van der Waals surface area contributed by atoms with E-state index in [1.54, 1.807) is 32.2 Å². The summed E-state index contributed by atoms with van der Waals surface area (Å²) in [6.45, 7) is 4.02. The van der Waals surface area contributed by atoms with Crippen LogP contribution in [0, 0.1) is 13.8 Å². The monoisotopic (exact) mass is 472 g/mol. The average Bonchev–Trinajstić information content (AvgIpc) is 3.46. The fourth-order valence-electron chi connectivity index (χ4n) is 3.79. The molecule has 172 valence electrons. The van der Waals surface area contributed by atoms with Gasteiger partial charge >= 0.3 is 0 Å². The van der Waals surface area contributed by atoms with Gasteiger partial charge in [0.15, 0.2) is 11.5 Å². The van der Waals surface area contributed by atoms with E-state index in [2.05, 4.69) is 30.1 Å². The standard InChI is InChI=1S/C26H24N4O3S/c1-16-7-5-6-8-19(16)20-14-22-26(27-11-12-30(22)29-20)34-15-21-17(2)33-25(28-21)18-9-10-23(31-3)24(13-18)32-4/h5-14H,15H2,1-4H3. The summed E-state index contributed by atoms with van der Waals surface area (Å²) in [6.07, 6.45) is 3.65. The Morgan fingerprint density at radius 3 is 2.62 bits per heavy atom. The number of aromatic nitrogens is 4. The first-order chi connectivity index (χ1) is 16.6. The van der Waals surface area contributed by atoms with Crippen molar-refractivity contribution in [3.05, 3.63) is 77.9 Å². The van der Waals surface area contributed by atoms with Crippen molar-refractivity contribution < 1.29 is 13.9 Å². The minimum atomic E-state index is 0.548. The molecule has 0 radical (unpaired) electrons. The summed E-state index contributed by atoms with van der Waals surface area (Å²) in [4.78, 5) is 9.34. The number of methoxy groups -OCH3 is 2. The molecule has 3 heterocycles. The molecule has 0 spiro atoms. The average molecular weight is 473 g/mol. The van der Waals surface area contributed by atoms with Crippen molar-refractivity contribution in [3.8, 4) is 34.2 Å². The first-order valence-electron chi connectivity index (χ1n) is 10.8. The fraction of sp³-hybridized carbons (Fsp3) is 0.192. The summed E-state index contributed by atoms with van der Waals surface area (Å²) in [6, 6.07) is 16.0. The predicted molar refractivity (Wildman–Crippen MR) is 133 cm³/mol. The largest absolute Gasteiger partial charge is 0.493 e. The van der Waals surface area contributed by atoms with E-state index in [9.17, 15) is 0 Å². The van der Waals surface area contributed by atoms with Crippen LogP contribution in [0.4, 0.5) is 0 Å². The van der Waals surface area contributed by atoms with E-state index >= 15 is 0 Å². The molecule has 0 amide bonds. The molecule has 7 nitrogen and oxygen atoms in total. The van der Waals surface area contributed by atoms with Crippen LogP contribution >= 0.6 is 11.8 Å². The van der Waals surface area contributed by atoms with Crippen LogP contribution in [0.5, 0.6) is 11.5 Å². The number of hydrogen-bond acceptors (Lipinski definition) is 7. The highest BCUT2D eigenvalue weighted by atomic mass is 32.2. The maximum atomic E-state index is 5.97. The van der Waals surface area contributed by atoms with Gasteiger partial charge in [-0.2, -0.15) is 5.10 Å². The number of oxazole rings is 1. The summed E-state index contributed by atoms with van der Waals surface area (Å²) in [7, 11) is 3.22. The third kappa shape index (κ3) is 4.12. The van der Waals surface area contributed by atoms with Crippen molar-refractivity contribution in [2.24, 2.45) is 0 Å². The summed E-state index contributed by atoms with van der Waals surface area (Å²) in [5.74, 6) is 3.24.